The van der Waals surface area contributed by atoms with Crippen molar-refractivity contribution >= 4 is 23.4 Å². The Kier molecular flexibility index (Phi) is 6.25. The zero-order chi connectivity index (χ0) is 20.1. The molecule has 0 radical (unpaired) electrons. The normalized spacial score (nSPS) is 10.7. The molecule has 0 saturated heterocycles. The maximum atomic E-state index is 12.4. The second-order valence-corrected chi connectivity index (χ2v) is 6.79. The van der Waals surface area contributed by atoms with Crippen LogP contribution in [0.15, 0.2) is 40.1 Å². The lowest BCUT2D eigenvalue weighted by molar-refractivity contribution is -0.113. The molecule has 0 aliphatic rings. The molecule has 0 unspecified atom stereocenters. The Balaban J connectivity index is 1.70. The molecule has 148 valence electrons. The van der Waals surface area contributed by atoms with Gasteiger partial charge < -0.3 is 23.8 Å². The fourth-order valence-corrected chi connectivity index (χ4v) is 3.53. The van der Waals surface area contributed by atoms with E-state index in [1.807, 2.05) is 24.5 Å². The first-order valence-corrected chi connectivity index (χ1v) is 9.68. The number of ether oxygens (including phenoxy) is 2. The second kappa shape index (κ2) is 8.83. The molecule has 0 aliphatic carbocycles. The lowest BCUT2D eigenvalue weighted by Gasteiger charge is -2.11. The maximum absolute atomic E-state index is 12.4. The van der Waals surface area contributed by atoms with Crippen LogP contribution in [0.5, 0.6) is 11.5 Å². The zero-order valence-electron chi connectivity index (χ0n) is 16.2. The molecule has 9 heteroatoms. The van der Waals surface area contributed by atoms with Crippen molar-refractivity contribution in [3.05, 3.63) is 36.3 Å². The number of carbonyl (C=O) groups excluding carboxylic acids is 1. The van der Waals surface area contributed by atoms with E-state index in [4.69, 9.17) is 13.9 Å². The van der Waals surface area contributed by atoms with Crippen LogP contribution in [0.1, 0.15) is 12.7 Å². The molecule has 0 bridgehead atoms. The van der Waals surface area contributed by atoms with E-state index in [1.54, 1.807) is 38.7 Å². The van der Waals surface area contributed by atoms with E-state index >= 15 is 0 Å². The first-order valence-electron chi connectivity index (χ1n) is 8.69. The van der Waals surface area contributed by atoms with Gasteiger partial charge in [-0.25, -0.2) is 0 Å². The number of benzene rings is 1. The first-order chi connectivity index (χ1) is 13.6. The van der Waals surface area contributed by atoms with Gasteiger partial charge in [0.05, 0.1) is 37.5 Å². The second-order valence-electron chi connectivity index (χ2n) is 5.84. The Morgan fingerprint density at radius 3 is 2.71 bits per heavy atom. The number of methoxy groups -OCH3 is 2. The van der Waals surface area contributed by atoms with E-state index in [0.29, 0.717) is 28.9 Å². The van der Waals surface area contributed by atoms with Crippen molar-refractivity contribution in [1.82, 2.24) is 14.8 Å². The highest BCUT2D eigenvalue weighted by Crippen LogP contribution is 2.30. The topological polar surface area (TPSA) is 91.4 Å². The minimum Gasteiger partial charge on any atom is -0.497 e. The number of hydrogen-bond donors (Lipinski definition) is 1. The van der Waals surface area contributed by atoms with E-state index in [2.05, 4.69) is 15.5 Å². The zero-order valence-corrected chi connectivity index (χ0v) is 17.0. The van der Waals surface area contributed by atoms with Crippen LogP contribution < -0.4 is 14.8 Å². The number of hydrogen-bond acceptors (Lipinski definition) is 7. The quantitative estimate of drug-likeness (QED) is 0.576. The molecule has 3 rings (SSSR count). The summed E-state index contributed by atoms with van der Waals surface area (Å²) >= 11 is 1.32. The van der Waals surface area contributed by atoms with Crippen molar-refractivity contribution in [3.63, 3.8) is 0 Å². The van der Waals surface area contributed by atoms with Crippen LogP contribution in [0, 0.1) is 6.92 Å². The van der Waals surface area contributed by atoms with Crippen molar-refractivity contribution in [3.8, 4) is 22.9 Å². The average molecular weight is 402 g/mol. The van der Waals surface area contributed by atoms with Crippen molar-refractivity contribution in [2.24, 2.45) is 0 Å². The third-order valence-corrected chi connectivity index (χ3v) is 5.11. The van der Waals surface area contributed by atoms with Crippen molar-refractivity contribution in [2.45, 2.75) is 25.5 Å². The van der Waals surface area contributed by atoms with E-state index in [-0.39, 0.29) is 11.7 Å². The van der Waals surface area contributed by atoms with Gasteiger partial charge in [-0.1, -0.05) is 11.8 Å². The molecule has 1 aromatic carbocycles. The van der Waals surface area contributed by atoms with Gasteiger partial charge in [0, 0.05) is 12.6 Å². The summed E-state index contributed by atoms with van der Waals surface area (Å²) in [5.74, 6) is 2.71. The summed E-state index contributed by atoms with van der Waals surface area (Å²) in [6.07, 6.45) is 1.63. The van der Waals surface area contributed by atoms with Gasteiger partial charge in [0.25, 0.3) is 0 Å². The van der Waals surface area contributed by atoms with E-state index < -0.39 is 0 Å². The number of furan rings is 1. The number of carbonyl (C=O) groups is 1. The molecule has 1 N–H and O–H groups in total. The fraction of sp³-hybridized carbons (Fsp3) is 0.316. The van der Waals surface area contributed by atoms with Crippen molar-refractivity contribution in [2.75, 3.05) is 25.3 Å². The number of aromatic nitrogens is 3. The highest BCUT2D eigenvalue weighted by molar-refractivity contribution is 7.99. The molecule has 1 amide bonds. The Hall–Kier alpha value is -2.94. The SMILES string of the molecule is CCn1c(SCC(=O)Nc2cc(OC)ccc2OC)nnc1-c1ccoc1C. The highest BCUT2D eigenvalue weighted by Gasteiger charge is 2.18. The van der Waals surface area contributed by atoms with Crippen LogP contribution in [0.2, 0.25) is 0 Å². The predicted molar refractivity (Wildman–Crippen MR) is 107 cm³/mol. The molecule has 0 spiro atoms. The van der Waals surface area contributed by atoms with E-state index in [1.165, 1.54) is 11.8 Å². The Labute approximate surface area is 167 Å². The minimum atomic E-state index is -0.178. The van der Waals surface area contributed by atoms with Crippen molar-refractivity contribution < 1.29 is 18.7 Å². The number of rotatable bonds is 8. The molecular weight excluding hydrogens is 380 g/mol. The molecule has 0 aliphatic heterocycles. The number of nitrogens with one attached hydrogen (secondary N) is 1. The van der Waals surface area contributed by atoms with Gasteiger partial charge in [0.1, 0.15) is 17.3 Å². The van der Waals surface area contributed by atoms with Crippen LogP contribution in [0.3, 0.4) is 0 Å². The molecule has 8 nitrogen and oxygen atoms in total. The largest absolute Gasteiger partial charge is 0.497 e. The Morgan fingerprint density at radius 1 is 1.25 bits per heavy atom. The molecule has 3 aromatic rings. The predicted octanol–water partition coefficient (Wildman–Crippen LogP) is 3.61. The summed E-state index contributed by atoms with van der Waals surface area (Å²) in [5.41, 5.74) is 1.45. The molecule has 28 heavy (non-hydrogen) atoms. The van der Waals surface area contributed by atoms with Gasteiger partial charge in [-0.15, -0.1) is 10.2 Å². The van der Waals surface area contributed by atoms with Gasteiger partial charge in [-0.05, 0) is 32.0 Å². The van der Waals surface area contributed by atoms with E-state index in [9.17, 15) is 4.79 Å². The van der Waals surface area contributed by atoms with Crippen LogP contribution >= 0.6 is 11.8 Å². The summed E-state index contributed by atoms with van der Waals surface area (Å²) in [6, 6.07) is 7.10. The standard InChI is InChI=1S/C19H22N4O4S/c1-5-23-18(14-8-9-27-12(14)2)21-22-19(23)28-11-17(24)20-15-10-13(25-3)6-7-16(15)26-4/h6-10H,5,11H2,1-4H3,(H,20,24). The first kappa shape index (κ1) is 19.8. The molecule has 0 saturated carbocycles. The summed E-state index contributed by atoms with van der Waals surface area (Å²) in [5, 5.41) is 12.0. The maximum Gasteiger partial charge on any atom is 0.234 e. The third kappa shape index (κ3) is 4.14. The third-order valence-electron chi connectivity index (χ3n) is 4.15. The molecule has 0 fully saturated rings. The number of amides is 1. The highest BCUT2D eigenvalue weighted by atomic mass is 32.2. The smallest absolute Gasteiger partial charge is 0.234 e. The number of thioether (sulfide) groups is 1. The van der Waals surface area contributed by atoms with Crippen LogP contribution in [0.25, 0.3) is 11.4 Å². The van der Waals surface area contributed by atoms with Gasteiger partial charge in [-0.2, -0.15) is 0 Å². The van der Waals surface area contributed by atoms with E-state index in [0.717, 1.165) is 17.1 Å². The lowest BCUT2D eigenvalue weighted by atomic mass is 10.2. The van der Waals surface area contributed by atoms with Gasteiger partial charge in [-0.3, -0.25) is 4.79 Å². The monoisotopic (exact) mass is 402 g/mol. The molecule has 0 atom stereocenters. The molecular formula is C19H22N4O4S. The van der Waals surface area contributed by atoms with Gasteiger partial charge in [0.15, 0.2) is 11.0 Å². The Morgan fingerprint density at radius 2 is 2.07 bits per heavy atom. The summed E-state index contributed by atoms with van der Waals surface area (Å²) in [6.45, 7) is 4.57. The molecule has 2 aromatic heterocycles. The van der Waals surface area contributed by atoms with Crippen LogP contribution in [-0.2, 0) is 11.3 Å². The average Bonchev–Trinajstić information content (AvgIpc) is 3.31. The summed E-state index contributed by atoms with van der Waals surface area (Å²) < 4.78 is 17.8. The summed E-state index contributed by atoms with van der Waals surface area (Å²) in [7, 11) is 3.12. The van der Waals surface area contributed by atoms with Crippen molar-refractivity contribution in [1.29, 1.82) is 0 Å². The van der Waals surface area contributed by atoms with Crippen LogP contribution in [0.4, 0.5) is 5.69 Å². The van der Waals surface area contributed by atoms with Crippen LogP contribution in [-0.4, -0.2) is 40.6 Å². The number of anilines is 1. The number of nitrogens with zero attached hydrogens (tertiary/aromatic N) is 3. The Bertz CT molecular complexity index is 967. The van der Waals surface area contributed by atoms with Gasteiger partial charge in [0.2, 0.25) is 5.91 Å². The number of aryl methyl sites for hydroxylation is 1. The van der Waals surface area contributed by atoms with Gasteiger partial charge >= 0.3 is 0 Å². The summed E-state index contributed by atoms with van der Waals surface area (Å²) in [4.78, 5) is 12.4. The minimum absolute atomic E-state index is 0.178. The lowest BCUT2D eigenvalue weighted by Crippen LogP contribution is -2.15. The fourth-order valence-electron chi connectivity index (χ4n) is 2.72. The molecule has 2 heterocycles.